The average molecular weight is 338 g/mol. The number of rotatable bonds is 6. The number of carbonyl (C=O) groups excluding carboxylic acids is 1. The van der Waals surface area contributed by atoms with Gasteiger partial charge in [-0.25, -0.2) is 9.18 Å². The molecule has 0 aliphatic carbocycles. The van der Waals surface area contributed by atoms with Crippen LogP contribution in [0.15, 0.2) is 77.4 Å². The molecule has 1 N–H and O–H groups in total. The molecule has 128 valence electrons. The van der Waals surface area contributed by atoms with Crippen LogP contribution in [0.4, 0.5) is 14.9 Å². The fraction of sp³-hybridized carbons (Fsp3) is 0.150. The van der Waals surface area contributed by atoms with Gasteiger partial charge in [0.15, 0.2) is 0 Å². The second-order valence-corrected chi connectivity index (χ2v) is 5.68. The second kappa shape index (κ2) is 8.15. The first-order valence-corrected chi connectivity index (χ1v) is 8.08. The lowest BCUT2D eigenvalue weighted by Gasteiger charge is -2.22. The van der Waals surface area contributed by atoms with Gasteiger partial charge >= 0.3 is 6.03 Å². The van der Waals surface area contributed by atoms with Crippen molar-refractivity contribution in [2.45, 2.75) is 13.0 Å². The molecule has 3 rings (SSSR count). The Morgan fingerprint density at radius 1 is 1.04 bits per heavy atom. The Morgan fingerprint density at radius 2 is 1.88 bits per heavy atom. The lowest BCUT2D eigenvalue weighted by molar-refractivity contribution is 0.205. The Morgan fingerprint density at radius 3 is 2.60 bits per heavy atom. The van der Waals surface area contributed by atoms with Crippen LogP contribution < -0.4 is 5.32 Å². The third-order valence-corrected chi connectivity index (χ3v) is 3.80. The molecule has 0 fully saturated rings. The summed E-state index contributed by atoms with van der Waals surface area (Å²) in [7, 11) is 0. The van der Waals surface area contributed by atoms with Gasteiger partial charge in [0.05, 0.1) is 12.8 Å². The summed E-state index contributed by atoms with van der Waals surface area (Å²) in [5, 5.41) is 2.74. The highest BCUT2D eigenvalue weighted by molar-refractivity contribution is 5.89. The van der Waals surface area contributed by atoms with Crippen LogP contribution in [-0.4, -0.2) is 17.5 Å². The monoisotopic (exact) mass is 338 g/mol. The molecule has 0 aliphatic heterocycles. The maximum absolute atomic E-state index is 13.3. The van der Waals surface area contributed by atoms with E-state index in [9.17, 15) is 9.18 Å². The van der Waals surface area contributed by atoms with Crippen molar-refractivity contribution in [1.82, 2.24) is 4.90 Å². The van der Waals surface area contributed by atoms with Gasteiger partial charge < -0.3 is 14.6 Å². The maximum Gasteiger partial charge on any atom is 0.322 e. The number of nitrogens with zero attached hydrogens (tertiary/aromatic N) is 1. The fourth-order valence-electron chi connectivity index (χ4n) is 2.52. The Bertz CT molecular complexity index is 804. The van der Waals surface area contributed by atoms with Crippen LogP contribution >= 0.6 is 0 Å². The van der Waals surface area contributed by atoms with E-state index in [4.69, 9.17) is 4.42 Å². The van der Waals surface area contributed by atoms with E-state index >= 15 is 0 Å². The number of hydrogen-bond donors (Lipinski definition) is 1. The molecule has 0 unspecified atom stereocenters. The topological polar surface area (TPSA) is 45.5 Å². The third kappa shape index (κ3) is 4.94. The van der Waals surface area contributed by atoms with Crippen LogP contribution in [0.25, 0.3) is 0 Å². The number of amides is 2. The van der Waals surface area contributed by atoms with Crippen LogP contribution in [0, 0.1) is 5.82 Å². The van der Waals surface area contributed by atoms with Crippen LogP contribution in [0.3, 0.4) is 0 Å². The van der Waals surface area contributed by atoms with Gasteiger partial charge in [-0.2, -0.15) is 0 Å². The lowest BCUT2D eigenvalue weighted by atomic mass is 10.1. The van der Waals surface area contributed by atoms with Gasteiger partial charge in [-0.15, -0.1) is 0 Å². The third-order valence-electron chi connectivity index (χ3n) is 3.80. The van der Waals surface area contributed by atoms with Crippen LogP contribution in [0.1, 0.15) is 11.3 Å². The Kier molecular flexibility index (Phi) is 5.46. The largest absolute Gasteiger partial charge is 0.467 e. The summed E-state index contributed by atoms with van der Waals surface area (Å²) in [5.41, 5.74) is 1.57. The number of furan rings is 1. The molecule has 25 heavy (non-hydrogen) atoms. The standard InChI is InChI=1S/C20H19FN2O2/c21-17-8-4-9-18(14-17)22-20(24)23(15-19-10-5-13-25-19)12-11-16-6-2-1-3-7-16/h1-10,13-14H,11-12,15H2,(H,22,24). The molecule has 0 spiro atoms. The molecule has 5 heteroatoms. The molecule has 2 amide bonds. The number of hydrogen-bond acceptors (Lipinski definition) is 2. The minimum Gasteiger partial charge on any atom is -0.467 e. The average Bonchev–Trinajstić information content (AvgIpc) is 3.12. The Hall–Kier alpha value is -3.08. The summed E-state index contributed by atoms with van der Waals surface area (Å²) in [4.78, 5) is 14.3. The van der Waals surface area contributed by atoms with Crippen molar-refractivity contribution >= 4 is 11.7 Å². The first-order valence-electron chi connectivity index (χ1n) is 8.08. The van der Waals surface area contributed by atoms with Gasteiger partial charge in [-0.05, 0) is 42.3 Å². The molecule has 0 saturated heterocycles. The van der Waals surface area contributed by atoms with E-state index in [1.807, 2.05) is 36.4 Å². The molecule has 3 aromatic rings. The molecule has 0 bridgehead atoms. The molecule has 4 nitrogen and oxygen atoms in total. The summed E-state index contributed by atoms with van der Waals surface area (Å²) in [5.74, 6) is 0.308. The highest BCUT2D eigenvalue weighted by Crippen LogP contribution is 2.13. The first kappa shape index (κ1) is 16.8. The van der Waals surface area contributed by atoms with Gasteiger partial charge in [0.25, 0.3) is 0 Å². The van der Waals surface area contributed by atoms with Crippen molar-refractivity contribution < 1.29 is 13.6 Å². The quantitative estimate of drug-likeness (QED) is 0.708. The molecule has 2 aromatic carbocycles. The van der Waals surface area contributed by atoms with Crippen molar-refractivity contribution in [3.05, 3.63) is 90.1 Å². The second-order valence-electron chi connectivity index (χ2n) is 5.68. The maximum atomic E-state index is 13.3. The van der Waals surface area contributed by atoms with Crippen molar-refractivity contribution in [3.63, 3.8) is 0 Å². The summed E-state index contributed by atoms with van der Waals surface area (Å²) in [6, 6.07) is 19.1. The number of benzene rings is 2. The van der Waals surface area contributed by atoms with E-state index in [-0.39, 0.29) is 11.8 Å². The SMILES string of the molecule is O=C(Nc1cccc(F)c1)N(CCc1ccccc1)Cc1ccco1. The number of nitrogens with one attached hydrogen (secondary N) is 1. The molecular formula is C20H19FN2O2. The Balaban J connectivity index is 1.69. The molecule has 1 aromatic heterocycles. The van der Waals surface area contributed by atoms with Crippen molar-refractivity contribution in [2.75, 3.05) is 11.9 Å². The number of urea groups is 1. The highest BCUT2D eigenvalue weighted by atomic mass is 19.1. The Labute approximate surface area is 145 Å². The van der Waals surface area contributed by atoms with E-state index < -0.39 is 0 Å². The summed E-state index contributed by atoms with van der Waals surface area (Å²) in [6.07, 6.45) is 2.30. The number of carbonyl (C=O) groups is 1. The minimum atomic E-state index is -0.389. The summed E-state index contributed by atoms with van der Waals surface area (Å²) < 4.78 is 18.7. The number of anilines is 1. The molecule has 0 aliphatic rings. The van der Waals surface area contributed by atoms with Crippen molar-refractivity contribution in [2.24, 2.45) is 0 Å². The predicted molar refractivity (Wildman–Crippen MR) is 94.7 cm³/mol. The zero-order valence-corrected chi connectivity index (χ0v) is 13.7. The van der Waals surface area contributed by atoms with Crippen LogP contribution in [0.2, 0.25) is 0 Å². The zero-order chi connectivity index (χ0) is 17.5. The van der Waals surface area contributed by atoms with Crippen LogP contribution in [-0.2, 0) is 13.0 Å². The van der Waals surface area contributed by atoms with E-state index in [1.54, 1.807) is 29.4 Å². The van der Waals surface area contributed by atoms with Crippen molar-refractivity contribution in [3.8, 4) is 0 Å². The minimum absolute atomic E-state index is 0.294. The van der Waals surface area contributed by atoms with Gasteiger partial charge in [-0.1, -0.05) is 36.4 Å². The molecule has 0 atom stereocenters. The molecule has 0 radical (unpaired) electrons. The first-order chi connectivity index (χ1) is 12.2. The summed E-state index contributed by atoms with van der Waals surface area (Å²) >= 11 is 0. The molecular weight excluding hydrogens is 319 g/mol. The fourth-order valence-corrected chi connectivity index (χ4v) is 2.52. The van der Waals surface area contributed by atoms with Crippen molar-refractivity contribution in [1.29, 1.82) is 0 Å². The van der Waals surface area contributed by atoms with E-state index in [1.165, 1.54) is 12.1 Å². The van der Waals surface area contributed by atoms with Gasteiger partial charge in [-0.3, -0.25) is 0 Å². The highest BCUT2D eigenvalue weighted by Gasteiger charge is 2.16. The lowest BCUT2D eigenvalue weighted by Crippen LogP contribution is -2.36. The van der Waals surface area contributed by atoms with Crippen LogP contribution in [0.5, 0.6) is 0 Å². The normalized spacial score (nSPS) is 10.4. The zero-order valence-electron chi connectivity index (χ0n) is 13.7. The van der Waals surface area contributed by atoms with E-state index in [0.29, 0.717) is 24.5 Å². The van der Waals surface area contributed by atoms with Gasteiger partial charge in [0, 0.05) is 12.2 Å². The number of halogens is 1. The smallest absolute Gasteiger partial charge is 0.322 e. The molecule has 0 saturated carbocycles. The molecule has 1 heterocycles. The summed E-state index contributed by atoms with van der Waals surface area (Å²) in [6.45, 7) is 0.868. The van der Waals surface area contributed by atoms with Gasteiger partial charge in [0.1, 0.15) is 11.6 Å². The van der Waals surface area contributed by atoms with Gasteiger partial charge in [0.2, 0.25) is 0 Å². The van der Waals surface area contributed by atoms with E-state index in [2.05, 4.69) is 5.32 Å². The van der Waals surface area contributed by atoms with E-state index in [0.717, 1.165) is 12.0 Å². The predicted octanol–water partition coefficient (Wildman–Crippen LogP) is 4.70.